The first-order valence-corrected chi connectivity index (χ1v) is 12.3. The second-order valence-electron chi connectivity index (χ2n) is 11.1. The van der Waals surface area contributed by atoms with Crippen LogP contribution >= 0.6 is 0 Å². The van der Waals surface area contributed by atoms with Crippen molar-refractivity contribution in [3.05, 3.63) is 42.2 Å². The number of cyclic esters (lactones) is 1. The van der Waals surface area contributed by atoms with Crippen molar-refractivity contribution in [2.75, 3.05) is 6.67 Å². The lowest BCUT2D eigenvalue weighted by Gasteiger charge is -2.35. The van der Waals surface area contributed by atoms with Gasteiger partial charge in [-0.1, -0.05) is 64.0 Å². The van der Waals surface area contributed by atoms with E-state index in [9.17, 15) is 18.8 Å². The van der Waals surface area contributed by atoms with Gasteiger partial charge in [-0.05, 0) is 16.9 Å². The zero-order valence-electron chi connectivity index (χ0n) is 21.7. The van der Waals surface area contributed by atoms with E-state index < -0.39 is 47.4 Å². The van der Waals surface area contributed by atoms with Gasteiger partial charge in [-0.3, -0.25) is 19.4 Å². The molecule has 0 spiro atoms. The van der Waals surface area contributed by atoms with E-state index >= 15 is 0 Å². The summed E-state index contributed by atoms with van der Waals surface area (Å²) >= 11 is 0. The van der Waals surface area contributed by atoms with E-state index in [1.54, 1.807) is 20.0 Å². The maximum Gasteiger partial charge on any atom is 0.311 e. The molecule has 4 rings (SSSR count). The number of halogens is 1. The van der Waals surface area contributed by atoms with Gasteiger partial charge in [0.1, 0.15) is 11.8 Å². The number of oxime groups is 1. The number of hydrogen-bond acceptors (Lipinski definition) is 8. The Bertz CT molecular complexity index is 1250. The smallest absolute Gasteiger partial charge is 0.311 e. The number of pyridine rings is 1. The molecule has 1 fully saturated rings. The number of nitrogens with zero attached hydrogens (tertiary/aromatic N) is 2. The van der Waals surface area contributed by atoms with Crippen molar-refractivity contribution >= 4 is 34.3 Å². The number of nitrogens with one attached hydrogen (secondary N) is 1. The SMILES string of the molecule is CC(C)[C@@]1(C(=O)N[C@H]2CC(=O)O[C@]2(CF)OC(=O)CC(C)(C)C)CC(c2nccc3ccccc23)=NO1. The van der Waals surface area contributed by atoms with Crippen molar-refractivity contribution in [1.82, 2.24) is 10.3 Å². The molecule has 2 aliphatic rings. The van der Waals surface area contributed by atoms with Crippen molar-refractivity contribution in [1.29, 1.82) is 0 Å². The molecule has 198 valence electrons. The molecule has 1 aromatic carbocycles. The average Bonchev–Trinajstić information content (AvgIpc) is 3.40. The maximum absolute atomic E-state index is 14.3. The van der Waals surface area contributed by atoms with Crippen molar-refractivity contribution < 1.29 is 33.1 Å². The number of amides is 1. The number of hydrogen-bond donors (Lipinski definition) is 1. The Labute approximate surface area is 214 Å². The third-order valence-electron chi connectivity index (χ3n) is 6.65. The molecule has 0 radical (unpaired) electrons. The molecule has 0 unspecified atom stereocenters. The third kappa shape index (κ3) is 5.14. The van der Waals surface area contributed by atoms with Crippen molar-refractivity contribution in [3.63, 3.8) is 0 Å². The van der Waals surface area contributed by atoms with Crippen LogP contribution in [0.4, 0.5) is 4.39 Å². The predicted molar refractivity (Wildman–Crippen MR) is 133 cm³/mol. The lowest BCUT2D eigenvalue weighted by Crippen LogP contribution is -2.60. The van der Waals surface area contributed by atoms with Crippen LogP contribution in [-0.4, -0.2) is 52.6 Å². The van der Waals surface area contributed by atoms with E-state index in [0.717, 1.165) is 10.8 Å². The Hall–Kier alpha value is -3.56. The van der Waals surface area contributed by atoms with Crippen molar-refractivity contribution in [2.24, 2.45) is 16.5 Å². The molecule has 9 nitrogen and oxygen atoms in total. The second kappa shape index (κ2) is 9.72. The topological polar surface area (TPSA) is 116 Å². The van der Waals surface area contributed by atoms with Crippen LogP contribution in [0.15, 0.2) is 41.7 Å². The Kier molecular flexibility index (Phi) is 6.96. The van der Waals surface area contributed by atoms with Crippen LogP contribution in [0.1, 0.15) is 59.6 Å². The average molecular weight is 514 g/mol. The molecule has 10 heteroatoms. The molecular formula is C27H32FN3O6. The van der Waals surface area contributed by atoms with E-state index in [0.29, 0.717) is 11.4 Å². The van der Waals surface area contributed by atoms with E-state index in [4.69, 9.17) is 14.3 Å². The van der Waals surface area contributed by atoms with Gasteiger partial charge in [0.2, 0.25) is 5.60 Å². The van der Waals surface area contributed by atoms with Gasteiger partial charge in [-0.15, -0.1) is 0 Å². The number of rotatable bonds is 7. The van der Waals surface area contributed by atoms with E-state index in [1.165, 1.54) is 0 Å². The quantitative estimate of drug-likeness (QED) is 0.560. The number of ether oxygens (including phenoxy) is 2. The summed E-state index contributed by atoms with van der Waals surface area (Å²) in [4.78, 5) is 48.6. The highest BCUT2D eigenvalue weighted by Gasteiger charge is 2.57. The van der Waals surface area contributed by atoms with Gasteiger partial charge in [0.05, 0.1) is 18.5 Å². The summed E-state index contributed by atoms with van der Waals surface area (Å²) in [7, 11) is 0. The number of benzene rings is 1. The molecule has 3 heterocycles. The molecule has 2 aliphatic heterocycles. The summed E-state index contributed by atoms with van der Waals surface area (Å²) in [5.41, 5.74) is -0.787. The zero-order valence-corrected chi connectivity index (χ0v) is 21.7. The van der Waals surface area contributed by atoms with E-state index in [2.05, 4.69) is 15.5 Å². The molecule has 1 N–H and O–H groups in total. The van der Waals surface area contributed by atoms with Gasteiger partial charge in [0, 0.05) is 23.9 Å². The first-order chi connectivity index (χ1) is 17.4. The predicted octanol–water partition coefficient (Wildman–Crippen LogP) is 3.83. The Balaban J connectivity index is 1.57. The van der Waals surface area contributed by atoms with Gasteiger partial charge in [-0.25, -0.2) is 4.39 Å². The third-order valence-corrected chi connectivity index (χ3v) is 6.65. The first kappa shape index (κ1) is 26.5. The van der Waals surface area contributed by atoms with Crippen molar-refractivity contribution in [3.8, 4) is 0 Å². The minimum absolute atomic E-state index is 0.0265. The van der Waals surface area contributed by atoms with Crippen LogP contribution in [0.25, 0.3) is 10.8 Å². The summed E-state index contributed by atoms with van der Waals surface area (Å²) in [6, 6.07) is 8.32. The summed E-state index contributed by atoms with van der Waals surface area (Å²) < 4.78 is 24.8. The highest BCUT2D eigenvalue weighted by atomic mass is 19.1. The Morgan fingerprint density at radius 2 is 1.97 bits per heavy atom. The minimum atomic E-state index is -2.24. The van der Waals surface area contributed by atoms with Gasteiger partial charge < -0.3 is 19.6 Å². The lowest BCUT2D eigenvalue weighted by molar-refractivity contribution is -0.227. The van der Waals surface area contributed by atoms with Crippen LogP contribution in [0.2, 0.25) is 0 Å². The number of fused-ring (bicyclic) bond motifs is 1. The molecule has 1 amide bonds. The molecule has 1 aromatic heterocycles. The summed E-state index contributed by atoms with van der Waals surface area (Å²) in [6.07, 6.45) is 1.39. The maximum atomic E-state index is 14.3. The standard InChI is InChI=1S/C27H32FN3O6/c1-16(2)26(13-19(31-37-26)23-18-9-7-6-8-17(18)10-11-29-23)24(34)30-20-12-21(32)35-27(20,15-28)36-22(33)14-25(3,4)5/h6-11,16,20H,12-15H2,1-5H3,(H,30,34)/t20-,26+,27+/m0/s1. The molecular weight excluding hydrogens is 481 g/mol. The number of alkyl halides is 1. The highest BCUT2D eigenvalue weighted by Crippen LogP contribution is 2.37. The summed E-state index contributed by atoms with van der Waals surface area (Å²) in [5.74, 6) is -4.73. The van der Waals surface area contributed by atoms with Gasteiger partial charge in [0.25, 0.3) is 5.91 Å². The van der Waals surface area contributed by atoms with E-state index in [-0.39, 0.29) is 25.2 Å². The number of carbonyl (C=O) groups is 3. The zero-order chi connectivity index (χ0) is 27.0. The number of carbonyl (C=O) groups excluding carboxylic acids is 3. The summed E-state index contributed by atoms with van der Waals surface area (Å²) in [5, 5.41) is 8.73. The van der Waals surface area contributed by atoms with Crippen LogP contribution in [0.5, 0.6) is 0 Å². The fraction of sp³-hybridized carbons (Fsp3) is 0.519. The second-order valence-corrected chi connectivity index (χ2v) is 11.1. The van der Waals surface area contributed by atoms with Gasteiger partial charge in [0.15, 0.2) is 6.67 Å². The molecule has 37 heavy (non-hydrogen) atoms. The summed E-state index contributed by atoms with van der Waals surface area (Å²) in [6.45, 7) is 7.76. The van der Waals surface area contributed by atoms with Crippen LogP contribution < -0.4 is 5.32 Å². The molecule has 2 aromatic rings. The molecule has 3 atom stereocenters. The van der Waals surface area contributed by atoms with Crippen LogP contribution in [0.3, 0.4) is 0 Å². The molecule has 0 aliphatic carbocycles. The number of aromatic nitrogens is 1. The fourth-order valence-corrected chi connectivity index (χ4v) is 4.59. The minimum Gasteiger partial charge on any atom is -0.417 e. The largest absolute Gasteiger partial charge is 0.417 e. The highest BCUT2D eigenvalue weighted by molar-refractivity contribution is 6.11. The van der Waals surface area contributed by atoms with Gasteiger partial charge in [-0.2, -0.15) is 0 Å². The van der Waals surface area contributed by atoms with Crippen molar-refractivity contribution in [2.45, 2.75) is 71.3 Å². The normalized spacial score (nSPS) is 25.5. The van der Waals surface area contributed by atoms with Crippen LogP contribution in [-0.2, 0) is 28.7 Å². The van der Waals surface area contributed by atoms with E-state index in [1.807, 2.05) is 51.1 Å². The monoisotopic (exact) mass is 513 g/mol. The molecule has 0 saturated carbocycles. The van der Waals surface area contributed by atoms with Crippen LogP contribution in [0, 0.1) is 11.3 Å². The molecule has 1 saturated heterocycles. The van der Waals surface area contributed by atoms with Gasteiger partial charge >= 0.3 is 17.7 Å². The lowest BCUT2D eigenvalue weighted by atomic mass is 9.83. The first-order valence-electron chi connectivity index (χ1n) is 12.3. The Morgan fingerprint density at radius 1 is 1.24 bits per heavy atom. The fourth-order valence-electron chi connectivity index (χ4n) is 4.59. The Morgan fingerprint density at radius 3 is 2.65 bits per heavy atom. The molecule has 0 bridgehead atoms. The number of esters is 2.